The fourth-order valence-electron chi connectivity index (χ4n) is 4.89. The van der Waals surface area contributed by atoms with Crippen molar-refractivity contribution in [2.75, 3.05) is 20.8 Å². The number of carbonyl (C=O) groups excluding carboxylic acids is 1. The highest BCUT2D eigenvalue weighted by molar-refractivity contribution is 8.01. The quantitative estimate of drug-likeness (QED) is 0.328. The van der Waals surface area contributed by atoms with Crippen molar-refractivity contribution in [2.45, 2.75) is 35.6 Å². The predicted molar refractivity (Wildman–Crippen MR) is 136 cm³/mol. The summed E-state index contributed by atoms with van der Waals surface area (Å²) >= 11 is 1.37. The number of pyridine rings is 1. The minimum absolute atomic E-state index is 0.0737. The van der Waals surface area contributed by atoms with Crippen molar-refractivity contribution in [3.63, 3.8) is 0 Å². The molecule has 2 aliphatic rings. The summed E-state index contributed by atoms with van der Waals surface area (Å²) in [6.45, 7) is 4.31. The smallest absolute Gasteiger partial charge is 0.191 e. The number of hydrogen-bond acceptors (Lipinski definition) is 8. The van der Waals surface area contributed by atoms with Crippen LogP contribution in [0.15, 0.2) is 64.2 Å². The summed E-state index contributed by atoms with van der Waals surface area (Å²) in [7, 11) is 3.14. The number of carbonyl (C=O) groups is 1. The van der Waals surface area contributed by atoms with E-state index < -0.39 is 10.9 Å². The van der Waals surface area contributed by atoms with E-state index in [0.717, 1.165) is 11.1 Å². The molecule has 4 aromatic rings. The minimum atomic E-state index is -1.15. The molecule has 184 valence electrons. The van der Waals surface area contributed by atoms with Gasteiger partial charge in [-0.25, -0.2) is 4.98 Å². The minimum Gasteiger partial charge on any atom is -0.493 e. The lowest BCUT2D eigenvalue weighted by atomic mass is 9.80. The number of benzene rings is 2. The van der Waals surface area contributed by atoms with Gasteiger partial charge in [-0.1, -0.05) is 31.7 Å². The van der Waals surface area contributed by atoms with Crippen LogP contribution in [-0.4, -0.2) is 37.7 Å². The number of fused-ring (bicyclic) bond motifs is 6. The predicted octanol–water partition coefficient (Wildman–Crippen LogP) is 5.99. The van der Waals surface area contributed by atoms with Crippen LogP contribution in [0, 0.1) is 0 Å². The molecule has 0 saturated heterocycles. The molecule has 2 aromatic heterocycles. The number of rotatable bonds is 5. The number of aromatic nitrogens is 1. The third kappa shape index (κ3) is 3.27. The number of methoxy groups -OCH3 is 2. The molecule has 0 amide bonds. The molecule has 0 saturated carbocycles. The molecule has 7 nitrogen and oxygen atoms in total. The van der Waals surface area contributed by atoms with Gasteiger partial charge in [0.2, 0.25) is 0 Å². The van der Waals surface area contributed by atoms with Crippen molar-refractivity contribution in [1.29, 1.82) is 0 Å². The van der Waals surface area contributed by atoms with E-state index in [0.29, 0.717) is 44.7 Å². The highest BCUT2D eigenvalue weighted by atomic mass is 32.2. The highest BCUT2D eigenvalue weighted by Crippen LogP contribution is 2.57. The van der Waals surface area contributed by atoms with E-state index in [9.17, 15) is 4.79 Å². The van der Waals surface area contributed by atoms with Crippen LogP contribution in [0.2, 0.25) is 0 Å². The first kappa shape index (κ1) is 22.8. The maximum absolute atomic E-state index is 14.6. The van der Waals surface area contributed by atoms with Gasteiger partial charge in [0.05, 0.1) is 30.2 Å². The van der Waals surface area contributed by atoms with Crippen molar-refractivity contribution < 1.29 is 28.2 Å². The lowest BCUT2D eigenvalue weighted by molar-refractivity contribution is 0.0481. The Bertz CT molecular complexity index is 1480. The molecule has 0 aliphatic carbocycles. The van der Waals surface area contributed by atoms with Crippen LogP contribution in [0.5, 0.6) is 23.0 Å². The Morgan fingerprint density at radius 3 is 2.61 bits per heavy atom. The van der Waals surface area contributed by atoms with E-state index in [1.165, 1.54) is 11.8 Å². The van der Waals surface area contributed by atoms with Gasteiger partial charge in [0.15, 0.2) is 28.1 Å². The number of hydrogen-bond donors (Lipinski definition) is 0. The van der Waals surface area contributed by atoms with Gasteiger partial charge >= 0.3 is 0 Å². The van der Waals surface area contributed by atoms with Gasteiger partial charge in [-0.2, -0.15) is 0 Å². The van der Waals surface area contributed by atoms with Crippen molar-refractivity contribution in [3.05, 3.63) is 71.6 Å². The largest absolute Gasteiger partial charge is 0.493 e. The number of thioether (sulfide) groups is 1. The Kier molecular flexibility index (Phi) is 5.37. The Hall–Kier alpha value is -3.65. The molecule has 0 fully saturated rings. The van der Waals surface area contributed by atoms with Crippen molar-refractivity contribution in [2.24, 2.45) is 0 Å². The molecule has 2 aliphatic heterocycles. The van der Waals surface area contributed by atoms with Crippen LogP contribution in [-0.2, 0) is 4.75 Å². The van der Waals surface area contributed by atoms with E-state index in [2.05, 4.69) is 18.8 Å². The van der Waals surface area contributed by atoms with Gasteiger partial charge in [0.1, 0.15) is 29.4 Å². The molecular formula is C28H25NO6S. The Morgan fingerprint density at radius 2 is 1.89 bits per heavy atom. The average molecular weight is 504 g/mol. The summed E-state index contributed by atoms with van der Waals surface area (Å²) in [5.74, 6) is 3.10. The third-order valence-corrected chi connectivity index (χ3v) is 8.16. The second-order valence-corrected chi connectivity index (χ2v) is 10.4. The Morgan fingerprint density at radius 1 is 1.08 bits per heavy atom. The zero-order valence-electron chi connectivity index (χ0n) is 20.4. The molecule has 8 heteroatoms. The summed E-state index contributed by atoms with van der Waals surface area (Å²) in [4.78, 5) is 19.1. The summed E-state index contributed by atoms with van der Waals surface area (Å²) in [6.07, 6.45) is 1.10. The second-order valence-electron chi connectivity index (χ2n) is 9.11. The molecule has 2 atom stereocenters. The van der Waals surface area contributed by atoms with E-state index in [1.807, 2.05) is 36.4 Å². The van der Waals surface area contributed by atoms with E-state index in [1.54, 1.807) is 32.5 Å². The lowest BCUT2D eigenvalue weighted by Crippen LogP contribution is -2.55. The number of ketones is 1. The molecule has 0 bridgehead atoms. The maximum Gasteiger partial charge on any atom is 0.191 e. The summed E-state index contributed by atoms with van der Waals surface area (Å²) < 4.78 is 28.8. The first-order chi connectivity index (χ1) is 17.5. The van der Waals surface area contributed by atoms with Gasteiger partial charge in [-0.05, 0) is 36.4 Å². The lowest BCUT2D eigenvalue weighted by Gasteiger charge is -2.45. The molecule has 36 heavy (non-hydrogen) atoms. The summed E-state index contributed by atoms with van der Waals surface area (Å²) in [6, 6.07) is 14.8. The van der Waals surface area contributed by atoms with Crippen LogP contribution in [0.3, 0.4) is 0 Å². The molecular weight excluding hydrogens is 478 g/mol. The zero-order chi connectivity index (χ0) is 25.0. The van der Waals surface area contributed by atoms with Gasteiger partial charge in [-0.15, -0.1) is 0 Å². The highest BCUT2D eigenvalue weighted by Gasteiger charge is 2.58. The zero-order valence-corrected chi connectivity index (χ0v) is 21.2. The van der Waals surface area contributed by atoms with E-state index >= 15 is 0 Å². The SMILES string of the molecule is COc1cc2c(cc1OC)C1(Sc3ccccn3)C(=O)c3ccc4oc(C(C)C)cc4c3O[C@@H]1CO2. The van der Waals surface area contributed by atoms with Gasteiger partial charge in [0.25, 0.3) is 0 Å². The van der Waals surface area contributed by atoms with Crippen LogP contribution >= 0.6 is 11.8 Å². The summed E-state index contributed by atoms with van der Waals surface area (Å²) in [5, 5.41) is 1.50. The van der Waals surface area contributed by atoms with Crippen LogP contribution in [0.25, 0.3) is 11.0 Å². The normalized spacial score (nSPS) is 20.2. The van der Waals surface area contributed by atoms with Crippen molar-refractivity contribution in [1.82, 2.24) is 4.98 Å². The van der Waals surface area contributed by atoms with Crippen molar-refractivity contribution in [3.8, 4) is 23.0 Å². The molecule has 6 rings (SSSR count). The number of furan rings is 1. The van der Waals surface area contributed by atoms with Gasteiger partial charge < -0.3 is 23.4 Å². The third-order valence-electron chi connectivity index (χ3n) is 6.71. The van der Waals surface area contributed by atoms with Crippen LogP contribution < -0.4 is 18.9 Å². The summed E-state index contributed by atoms with van der Waals surface area (Å²) in [5.41, 5.74) is 1.86. The molecule has 0 radical (unpaired) electrons. The number of nitrogens with zero attached hydrogens (tertiary/aromatic N) is 1. The topological polar surface area (TPSA) is 80.0 Å². The molecule has 2 aromatic carbocycles. The first-order valence-corrected chi connectivity index (χ1v) is 12.5. The molecule has 0 spiro atoms. The number of Topliss-reactive ketones (excluding diaryl/α,β-unsaturated/α-hetero) is 1. The van der Waals surface area contributed by atoms with Crippen molar-refractivity contribution >= 4 is 28.5 Å². The number of ether oxygens (including phenoxy) is 4. The molecule has 4 heterocycles. The first-order valence-electron chi connectivity index (χ1n) is 11.7. The van der Waals surface area contributed by atoms with Gasteiger partial charge in [0, 0.05) is 23.7 Å². The monoisotopic (exact) mass is 503 g/mol. The second kappa shape index (κ2) is 8.48. The standard InChI is InChI=1S/C28H25NO6S/c1-15(2)20-11-17-19(34-20)9-8-16-26(17)35-24-14-33-21-13-23(32-4)22(31-3)12-18(21)28(24,27(16)30)36-25-7-5-6-10-29-25/h5-13,15,24H,14H2,1-4H3/t24-,28?/m1/s1. The van der Waals surface area contributed by atoms with Gasteiger partial charge in [-0.3, -0.25) is 4.79 Å². The van der Waals surface area contributed by atoms with Crippen LogP contribution in [0.1, 0.15) is 41.4 Å². The molecule has 1 unspecified atom stereocenters. The van der Waals surface area contributed by atoms with E-state index in [-0.39, 0.29) is 18.3 Å². The maximum atomic E-state index is 14.6. The fourth-order valence-corrected chi connectivity index (χ4v) is 6.20. The Labute approximate surface area is 212 Å². The fraction of sp³-hybridized carbons (Fsp3) is 0.286. The van der Waals surface area contributed by atoms with Crippen LogP contribution in [0.4, 0.5) is 0 Å². The Balaban J connectivity index is 1.59. The van der Waals surface area contributed by atoms with E-state index in [4.69, 9.17) is 23.4 Å². The average Bonchev–Trinajstić information content (AvgIpc) is 3.35. The molecule has 0 N–H and O–H groups in total.